The maximum atomic E-state index is 8.00. The van der Waals surface area contributed by atoms with Gasteiger partial charge >= 0.3 is 0 Å². The Morgan fingerprint density at radius 1 is 0.406 bits per heavy atom. The maximum Gasteiger partial charge on any atom is 0.106 e. The van der Waals surface area contributed by atoms with E-state index in [1.165, 1.54) is 32.3 Å². The summed E-state index contributed by atoms with van der Waals surface area (Å²) in [5.41, 5.74) is 0. The third-order valence-electron chi connectivity index (χ3n) is 5.39. The molecule has 0 radical (unpaired) electrons. The van der Waals surface area contributed by atoms with Gasteiger partial charge in [-0.2, -0.15) is 0 Å². The third-order valence-corrected chi connectivity index (χ3v) is 6.05. The maximum absolute atomic E-state index is 8.00. The van der Waals surface area contributed by atoms with E-state index >= 15 is 0 Å². The van der Waals surface area contributed by atoms with Crippen LogP contribution in [0, 0.1) is 0 Å². The Morgan fingerprint density at radius 3 is 1.09 bits per heavy atom. The summed E-state index contributed by atoms with van der Waals surface area (Å²) in [6, 6.07) is 37.3. The first-order valence-electron chi connectivity index (χ1n) is 10.1. The second-order valence-corrected chi connectivity index (χ2v) is 8.14. The van der Waals surface area contributed by atoms with E-state index < -0.39 is 0 Å². The zero-order valence-corrected chi connectivity index (χ0v) is 18.8. The van der Waals surface area contributed by atoms with Gasteiger partial charge in [-0.05, 0) is 68.7 Å². The number of hydrogen-bond donors (Lipinski definition) is 0. The number of carbonyl (C=O) groups is 1. The SMILES string of the molecule is C=O.Clc1cccc2cc3ccccc3cc12.Clc1cccc2cc3ccccc3cc12. The highest BCUT2D eigenvalue weighted by Crippen LogP contribution is 2.29. The molecule has 0 bridgehead atoms. The third kappa shape index (κ3) is 4.45. The topological polar surface area (TPSA) is 17.1 Å². The van der Waals surface area contributed by atoms with Crippen LogP contribution in [0.15, 0.2) is 109 Å². The highest BCUT2D eigenvalue weighted by atomic mass is 35.5. The van der Waals surface area contributed by atoms with Crippen LogP contribution in [-0.4, -0.2) is 6.79 Å². The first kappa shape index (κ1) is 21.8. The van der Waals surface area contributed by atoms with Gasteiger partial charge in [0.15, 0.2) is 0 Å². The molecule has 0 N–H and O–H groups in total. The molecule has 1 nitrogen and oxygen atoms in total. The predicted molar refractivity (Wildman–Crippen MR) is 140 cm³/mol. The first-order chi connectivity index (χ1) is 15.7. The van der Waals surface area contributed by atoms with E-state index in [1.54, 1.807) is 0 Å². The Kier molecular flexibility index (Phi) is 6.70. The molecule has 0 aliphatic carbocycles. The summed E-state index contributed by atoms with van der Waals surface area (Å²) in [7, 11) is 0. The highest BCUT2D eigenvalue weighted by Gasteiger charge is 2.01. The lowest BCUT2D eigenvalue weighted by atomic mass is 10.0. The molecule has 6 aromatic carbocycles. The van der Waals surface area contributed by atoms with Crippen molar-refractivity contribution >= 4 is 73.1 Å². The van der Waals surface area contributed by atoms with Crippen LogP contribution in [0.2, 0.25) is 10.0 Å². The summed E-state index contributed by atoms with van der Waals surface area (Å²) in [5, 5.41) is 11.3. The summed E-state index contributed by atoms with van der Waals surface area (Å²) in [4.78, 5) is 8.00. The van der Waals surface area contributed by atoms with E-state index in [9.17, 15) is 0 Å². The highest BCUT2D eigenvalue weighted by molar-refractivity contribution is 6.36. The van der Waals surface area contributed by atoms with Crippen molar-refractivity contribution in [3.05, 3.63) is 119 Å². The van der Waals surface area contributed by atoms with Crippen LogP contribution < -0.4 is 0 Å². The Hall–Kier alpha value is -3.39. The molecule has 0 aromatic heterocycles. The van der Waals surface area contributed by atoms with Crippen molar-refractivity contribution in [3.63, 3.8) is 0 Å². The van der Waals surface area contributed by atoms with Gasteiger partial charge in [0.1, 0.15) is 6.79 Å². The normalized spacial score (nSPS) is 10.4. The van der Waals surface area contributed by atoms with Crippen molar-refractivity contribution in [2.45, 2.75) is 0 Å². The number of benzene rings is 6. The summed E-state index contributed by atoms with van der Waals surface area (Å²) in [6.45, 7) is 2.00. The number of carbonyl (C=O) groups excluding carboxylic acids is 1. The van der Waals surface area contributed by atoms with Crippen molar-refractivity contribution in [3.8, 4) is 0 Å². The number of rotatable bonds is 0. The lowest BCUT2D eigenvalue weighted by Gasteiger charge is -2.03. The van der Waals surface area contributed by atoms with Crippen LogP contribution in [0.3, 0.4) is 0 Å². The van der Waals surface area contributed by atoms with Gasteiger partial charge in [0.05, 0.1) is 0 Å². The van der Waals surface area contributed by atoms with Gasteiger partial charge in [0.25, 0.3) is 0 Å². The zero-order chi connectivity index (χ0) is 22.5. The standard InChI is InChI=1S/2C14H9Cl.CH2O/c2*15-14-7-3-6-12-8-10-4-1-2-5-11(10)9-13(12)14;1-2/h2*1-9H;1H2. The average Bonchev–Trinajstić information content (AvgIpc) is 2.84. The Morgan fingerprint density at radius 2 is 0.719 bits per heavy atom. The largest absolute Gasteiger partial charge is 0.307 e. The molecule has 6 aromatic rings. The Balaban J connectivity index is 0.000000142. The second-order valence-electron chi connectivity index (χ2n) is 7.32. The lowest BCUT2D eigenvalue weighted by Crippen LogP contribution is -1.76. The van der Waals surface area contributed by atoms with Crippen LogP contribution in [0.1, 0.15) is 0 Å². The fourth-order valence-electron chi connectivity index (χ4n) is 3.86. The first-order valence-corrected chi connectivity index (χ1v) is 10.9. The average molecular weight is 455 g/mol. The van der Waals surface area contributed by atoms with E-state index in [2.05, 4.69) is 72.8 Å². The van der Waals surface area contributed by atoms with Crippen LogP contribution in [-0.2, 0) is 4.79 Å². The monoisotopic (exact) mass is 454 g/mol. The zero-order valence-electron chi connectivity index (χ0n) is 17.3. The minimum Gasteiger partial charge on any atom is -0.307 e. The van der Waals surface area contributed by atoms with E-state index in [1.807, 2.05) is 43.2 Å². The van der Waals surface area contributed by atoms with Crippen molar-refractivity contribution in [1.82, 2.24) is 0 Å². The van der Waals surface area contributed by atoms with Gasteiger partial charge in [-0.3, -0.25) is 0 Å². The minimum atomic E-state index is 0.818. The summed E-state index contributed by atoms with van der Waals surface area (Å²) in [5.74, 6) is 0. The number of halogens is 2. The Labute approximate surface area is 196 Å². The van der Waals surface area contributed by atoms with Gasteiger partial charge in [-0.25, -0.2) is 0 Å². The van der Waals surface area contributed by atoms with E-state index in [-0.39, 0.29) is 0 Å². The molecule has 0 fully saturated rings. The molecule has 0 atom stereocenters. The van der Waals surface area contributed by atoms with Crippen LogP contribution in [0.4, 0.5) is 0 Å². The molecule has 0 aliphatic heterocycles. The second kappa shape index (κ2) is 9.82. The minimum absolute atomic E-state index is 0.818. The van der Waals surface area contributed by atoms with Crippen LogP contribution >= 0.6 is 23.2 Å². The van der Waals surface area contributed by atoms with Crippen LogP contribution in [0.5, 0.6) is 0 Å². The molecule has 0 amide bonds. The van der Waals surface area contributed by atoms with E-state index in [4.69, 9.17) is 28.0 Å². The fraction of sp³-hybridized carbons (Fsp3) is 0. The van der Waals surface area contributed by atoms with Crippen molar-refractivity contribution in [1.29, 1.82) is 0 Å². The number of fused-ring (bicyclic) bond motifs is 4. The number of hydrogen-bond acceptors (Lipinski definition) is 1. The van der Waals surface area contributed by atoms with Gasteiger partial charge in [-0.1, -0.05) is 96.0 Å². The molecular formula is C29H20Cl2O. The molecule has 0 spiro atoms. The predicted octanol–water partition coefficient (Wildman–Crippen LogP) is 9.11. The van der Waals surface area contributed by atoms with Gasteiger partial charge < -0.3 is 4.79 Å². The fourth-order valence-corrected chi connectivity index (χ4v) is 4.33. The smallest absolute Gasteiger partial charge is 0.106 e. The summed E-state index contributed by atoms with van der Waals surface area (Å²) < 4.78 is 0. The quantitative estimate of drug-likeness (QED) is 0.209. The summed E-state index contributed by atoms with van der Waals surface area (Å²) >= 11 is 12.3. The van der Waals surface area contributed by atoms with Crippen molar-refractivity contribution < 1.29 is 4.79 Å². The molecule has 0 saturated heterocycles. The van der Waals surface area contributed by atoms with Gasteiger partial charge in [0, 0.05) is 20.8 Å². The molecule has 32 heavy (non-hydrogen) atoms. The summed E-state index contributed by atoms with van der Waals surface area (Å²) in [6.07, 6.45) is 0. The molecule has 156 valence electrons. The molecule has 0 saturated carbocycles. The molecule has 6 rings (SSSR count). The lowest BCUT2D eigenvalue weighted by molar-refractivity contribution is -0.0979. The van der Waals surface area contributed by atoms with Crippen molar-refractivity contribution in [2.24, 2.45) is 0 Å². The Bertz CT molecular complexity index is 1420. The van der Waals surface area contributed by atoms with E-state index in [0.29, 0.717) is 0 Å². The molecule has 0 aliphatic rings. The molecular weight excluding hydrogens is 435 g/mol. The van der Waals surface area contributed by atoms with Crippen molar-refractivity contribution in [2.75, 3.05) is 0 Å². The molecule has 3 heteroatoms. The molecule has 0 unspecified atom stereocenters. The van der Waals surface area contributed by atoms with Gasteiger partial charge in [0.2, 0.25) is 0 Å². The van der Waals surface area contributed by atoms with Gasteiger partial charge in [-0.15, -0.1) is 0 Å². The molecule has 0 heterocycles. The van der Waals surface area contributed by atoms with E-state index in [0.717, 1.165) is 20.8 Å². The van der Waals surface area contributed by atoms with Crippen LogP contribution in [0.25, 0.3) is 43.1 Å².